The average molecular weight is 271 g/mol. The van der Waals surface area contributed by atoms with Gasteiger partial charge in [0.25, 0.3) is 0 Å². The lowest BCUT2D eigenvalue weighted by atomic mass is 10.1. The van der Waals surface area contributed by atoms with Gasteiger partial charge in [0.2, 0.25) is 0 Å². The van der Waals surface area contributed by atoms with Gasteiger partial charge in [-0.3, -0.25) is 4.79 Å². The Balaban J connectivity index is 3.11. The van der Waals surface area contributed by atoms with Gasteiger partial charge in [-0.05, 0) is 30.7 Å². The van der Waals surface area contributed by atoms with Crippen LogP contribution in [0, 0.1) is 0 Å². The van der Waals surface area contributed by atoms with E-state index in [1.807, 2.05) is 0 Å². The molecule has 0 heterocycles. The van der Waals surface area contributed by atoms with E-state index in [1.165, 1.54) is 13.2 Å². The summed E-state index contributed by atoms with van der Waals surface area (Å²) in [5, 5.41) is 0. The molecule has 0 amide bonds. The maximum atomic E-state index is 11.4. The number of ether oxygens (including phenoxy) is 2. The van der Waals surface area contributed by atoms with Crippen molar-refractivity contribution in [2.45, 2.75) is 13.3 Å². The first-order chi connectivity index (χ1) is 8.56. The van der Waals surface area contributed by atoms with E-state index in [4.69, 9.17) is 9.47 Å². The standard InChI is InChI=1S/C11H13NO5S/c1-3-17-11(13)7-8-6-9(16-2)4-5-10(8)12-18(14)15/h4-6H,3,7H2,1-2H3. The normalized spacial score (nSPS) is 9.67. The molecule has 0 N–H and O–H groups in total. The molecule has 98 valence electrons. The maximum absolute atomic E-state index is 11.4. The van der Waals surface area contributed by atoms with E-state index in [-0.39, 0.29) is 18.7 Å². The number of carbonyl (C=O) groups excluding carboxylic acids is 1. The Labute approximate surface area is 106 Å². The van der Waals surface area contributed by atoms with E-state index in [0.717, 1.165) is 0 Å². The van der Waals surface area contributed by atoms with Crippen LogP contribution in [0.5, 0.6) is 5.75 Å². The highest BCUT2D eigenvalue weighted by atomic mass is 32.2. The molecule has 0 aliphatic carbocycles. The smallest absolute Gasteiger partial charge is 0.316 e. The van der Waals surface area contributed by atoms with Crippen LogP contribution >= 0.6 is 0 Å². The van der Waals surface area contributed by atoms with Crippen molar-refractivity contribution in [1.29, 1.82) is 0 Å². The lowest BCUT2D eigenvalue weighted by Crippen LogP contribution is -2.07. The molecule has 0 aliphatic heterocycles. The number of hydrogen-bond donors (Lipinski definition) is 0. The second kappa shape index (κ2) is 6.75. The predicted octanol–water partition coefficient (Wildman–Crippen LogP) is 1.50. The van der Waals surface area contributed by atoms with E-state index in [2.05, 4.69) is 4.36 Å². The van der Waals surface area contributed by atoms with Crippen LogP contribution in [0.4, 0.5) is 5.69 Å². The molecular weight excluding hydrogens is 258 g/mol. The lowest BCUT2D eigenvalue weighted by molar-refractivity contribution is -0.142. The highest BCUT2D eigenvalue weighted by Crippen LogP contribution is 2.25. The van der Waals surface area contributed by atoms with Gasteiger partial charge in [-0.15, -0.1) is 4.36 Å². The summed E-state index contributed by atoms with van der Waals surface area (Å²) in [6.45, 7) is 1.96. The summed E-state index contributed by atoms with van der Waals surface area (Å²) < 4.78 is 34.4. The van der Waals surface area contributed by atoms with Crippen molar-refractivity contribution in [2.75, 3.05) is 13.7 Å². The summed E-state index contributed by atoms with van der Waals surface area (Å²) in [6.07, 6.45) is -0.0545. The summed E-state index contributed by atoms with van der Waals surface area (Å²) in [5.74, 6) is 0.0730. The van der Waals surface area contributed by atoms with Crippen LogP contribution in [0.1, 0.15) is 12.5 Å². The van der Waals surface area contributed by atoms with Crippen molar-refractivity contribution >= 4 is 22.2 Å². The number of methoxy groups -OCH3 is 1. The molecule has 18 heavy (non-hydrogen) atoms. The van der Waals surface area contributed by atoms with Gasteiger partial charge in [0.1, 0.15) is 5.75 Å². The number of nitrogens with zero attached hydrogens (tertiary/aromatic N) is 1. The molecule has 0 atom stereocenters. The molecule has 1 aromatic carbocycles. The molecule has 0 saturated carbocycles. The van der Waals surface area contributed by atoms with Crippen LogP contribution in [-0.4, -0.2) is 28.1 Å². The van der Waals surface area contributed by atoms with E-state index in [9.17, 15) is 13.2 Å². The number of benzene rings is 1. The van der Waals surface area contributed by atoms with Gasteiger partial charge >= 0.3 is 16.5 Å². The van der Waals surface area contributed by atoms with Crippen molar-refractivity contribution in [3.05, 3.63) is 23.8 Å². The minimum Gasteiger partial charge on any atom is -0.497 e. The molecule has 7 heteroatoms. The summed E-state index contributed by atoms with van der Waals surface area (Å²) >= 11 is 0. The Morgan fingerprint density at radius 3 is 2.67 bits per heavy atom. The van der Waals surface area contributed by atoms with Crippen molar-refractivity contribution in [3.63, 3.8) is 0 Å². The van der Waals surface area contributed by atoms with Crippen LogP contribution in [0.2, 0.25) is 0 Å². The van der Waals surface area contributed by atoms with Crippen molar-refractivity contribution in [2.24, 2.45) is 4.36 Å². The largest absolute Gasteiger partial charge is 0.497 e. The highest BCUT2D eigenvalue weighted by molar-refractivity contribution is 7.61. The first kappa shape index (κ1) is 14.2. The molecular formula is C11H13NO5S. The summed E-state index contributed by atoms with van der Waals surface area (Å²) in [6, 6.07) is 4.60. The third kappa shape index (κ3) is 4.17. The second-order valence-corrected chi connectivity index (χ2v) is 3.90. The SMILES string of the molecule is CCOC(=O)Cc1cc(OC)ccc1N=S(=O)=O. The zero-order valence-corrected chi connectivity index (χ0v) is 10.9. The maximum Gasteiger partial charge on any atom is 0.316 e. The summed E-state index contributed by atoms with van der Waals surface area (Å²) in [5.41, 5.74) is 0.647. The number of hydrogen-bond acceptors (Lipinski definition) is 6. The van der Waals surface area contributed by atoms with Crippen molar-refractivity contribution in [3.8, 4) is 5.75 Å². The van der Waals surface area contributed by atoms with Gasteiger partial charge in [0, 0.05) is 0 Å². The molecule has 0 unspecified atom stereocenters. The van der Waals surface area contributed by atoms with Crippen LogP contribution < -0.4 is 4.74 Å². The Morgan fingerprint density at radius 2 is 2.11 bits per heavy atom. The van der Waals surface area contributed by atoms with E-state index in [0.29, 0.717) is 11.3 Å². The van der Waals surface area contributed by atoms with Gasteiger partial charge < -0.3 is 9.47 Å². The molecule has 0 saturated heterocycles. The Morgan fingerprint density at radius 1 is 1.39 bits per heavy atom. The molecule has 0 radical (unpaired) electrons. The number of esters is 1. The highest BCUT2D eigenvalue weighted by Gasteiger charge is 2.10. The lowest BCUT2D eigenvalue weighted by Gasteiger charge is -2.06. The predicted molar refractivity (Wildman–Crippen MR) is 64.3 cm³/mol. The summed E-state index contributed by atoms with van der Waals surface area (Å²) in [7, 11) is -1.09. The van der Waals surface area contributed by atoms with Gasteiger partial charge in [0.15, 0.2) is 0 Å². The molecule has 0 aliphatic rings. The van der Waals surface area contributed by atoms with Gasteiger partial charge in [-0.1, -0.05) is 0 Å². The number of carbonyl (C=O) groups is 1. The quantitative estimate of drug-likeness (QED) is 0.758. The van der Waals surface area contributed by atoms with Gasteiger partial charge in [-0.2, -0.15) is 8.42 Å². The third-order valence-corrected chi connectivity index (χ3v) is 2.45. The van der Waals surface area contributed by atoms with E-state index < -0.39 is 16.5 Å². The topological polar surface area (TPSA) is 82.0 Å². The van der Waals surface area contributed by atoms with Crippen LogP contribution in [-0.2, 0) is 26.5 Å². The fraction of sp³-hybridized carbons (Fsp3) is 0.364. The van der Waals surface area contributed by atoms with Crippen molar-refractivity contribution in [1.82, 2.24) is 0 Å². The van der Waals surface area contributed by atoms with Crippen LogP contribution in [0.3, 0.4) is 0 Å². The molecule has 0 bridgehead atoms. The molecule has 1 rings (SSSR count). The monoisotopic (exact) mass is 271 g/mol. The van der Waals surface area contributed by atoms with Gasteiger partial charge in [0.05, 0.1) is 25.8 Å². The van der Waals surface area contributed by atoms with E-state index in [1.54, 1.807) is 19.1 Å². The molecule has 1 aromatic rings. The van der Waals surface area contributed by atoms with E-state index >= 15 is 0 Å². The van der Waals surface area contributed by atoms with Crippen LogP contribution in [0.25, 0.3) is 0 Å². The second-order valence-electron chi connectivity index (χ2n) is 3.28. The molecule has 0 spiro atoms. The minimum atomic E-state index is -2.57. The summed E-state index contributed by atoms with van der Waals surface area (Å²) in [4.78, 5) is 11.4. The zero-order chi connectivity index (χ0) is 13.5. The molecule has 6 nitrogen and oxygen atoms in total. The third-order valence-electron chi connectivity index (χ3n) is 2.10. The Kier molecular flexibility index (Phi) is 5.31. The Bertz CT molecular complexity index is 557. The first-order valence-electron chi connectivity index (χ1n) is 5.20. The van der Waals surface area contributed by atoms with Gasteiger partial charge in [-0.25, -0.2) is 0 Å². The Hall–Kier alpha value is -1.89. The molecule has 0 fully saturated rings. The van der Waals surface area contributed by atoms with Crippen molar-refractivity contribution < 1.29 is 22.7 Å². The fourth-order valence-corrected chi connectivity index (χ4v) is 1.71. The minimum absolute atomic E-state index is 0.0545. The molecule has 0 aromatic heterocycles. The van der Waals surface area contributed by atoms with Crippen LogP contribution in [0.15, 0.2) is 22.6 Å². The zero-order valence-electron chi connectivity index (χ0n) is 10.0. The average Bonchev–Trinajstić information content (AvgIpc) is 2.31. The fourth-order valence-electron chi connectivity index (χ4n) is 1.37. The first-order valence-corrected chi connectivity index (χ1v) is 6.23. The number of rotatable bonds is 5.